The molecule has 206 valence electrons. The van der Waals surface area contributed by atoms with Gasteiger partial charge in [0.1, 0.15) is 35.5 Å². The van der Waals surface area contributed by atoms with Crippen LogP contribution in [0.3, 0.4) is 0 Å². The topological polar surface area (TPSA) is 107 Å². The molecule has 4 atom stereocenters. The molecule has 7 heterocycles. The van der Waals surface area contributed by atoms with Gasteiger partial charge in [-0.25, -0.2) is 4.39 Å². The molecule has 6 aliphatic rings. The lowest BCUT2D eigenvalue weighted by Gasteiger charge is -2.49. The molecule has 2 bridgehead atoms. The van der Waals surface area contributed by atoms with Crippen molar-refractivity contribution in [2.75, 3.05) is 61.4 Å². The number of nitrogens with one attached hydrogen (secondary N) is 1. The maximum absolute atomic E-state index is 14.4. The molecule has 0 amide bonds. The van der Waals surface area contributed by atoms with E-state index in [-0.39, 0.29) is 11.0 Å². The molecule has 0 saturated carbocycles. The minimum atomic E-state index is -0.786. The Morgan fingerprint density at radius 1 is 1.15 bits per heavy atom. The zero-order valence-corrected chi connectivity index (χ0v) is 23.0. The molecule has 2 aromatic heterocycles. The van der Waals surface area contributed by atoms with Crippen molar-refractivity contribution in [2.45, 2.75) is 74.2 Å². The van der Waals surface area contributed by atoms with E-state index in [1.807, 2.05) is 0 Å². The number of hydrogen-bond acceptors (Lipinski definition) is 10. The standard InChI is InChI=1S/C28H35FN8OS/c29-17-9-28(5-1-7-37(28)11-17)16-38-26-33-22(35-12-18-2-3-19(13-35)32-18)8-23(34-26)36-14-27(15-36)6-4-21-24(27)20(10-30)25(31)39-21/h8,17-19,32H,1-7,9,11-16,31H2/t17-,18?,19?,28+/m1/s1. The molecule has 5 saturated heterocycles. The molecule has 5 fully saturated rings. The van der Waals surface area contributed by atoms with E-state index >= 15 is 0 Å². The number of aryl methyl sites for hydroxylation is 1. The van der Waals surface area contributed by atoms with Crippen molar-refractivity contribution < 1.29 is 9.13 Å². The number of halogens is 1. The normalized spacial score (nSPS) is 32.4. The first kappa shape index (κ1) is 24.1. The van der Waals surface area contributed by atoms with Crippen LogP contribution in [0.15, 0.2) is 6.07 Å². The molecule has 8 rings (SSSR count). The number of nitrogens with two attached hydrogens (primary N) is 1. The van der Waals surface area contributed by atoms with Gasteiger partial charge in [-0.15, -0.1) is 11.3 Å². The molecule has 3 N–H and O–H groups in total. The van der Waals surface area contributed by atoms with E-state index in [2.05, 4.69) is 32.2 Å². The number of thiophene rings is 1. The minimum Gasteiger partial charge on any atom is -0.461 e. The van der Waals surface area contributed by atoms with Gasteiger partial charge in [0.05, 0.1) is 11.1 Å². The second-order valence-corrected chi connectivity index (χ2v) is 13.8. The summed E-state index contributed by atoms with van der Waals surface area (Å²) in [5.41, 5.74) is 7.79. The molecule has 0 aromatic carbocycles. The number of fused-ring (bicyclic) bond motifs is 5. The third-order valence-corrected chi connectivity index (χ3v) is 11.3. The summed E-state index contributed by atoms with van der Waals surface area (Å²) in [5.74, 6) is 1.78. The van der Waals surface area contributed by atoms with E-state index in [9.17, 15) is 9.65 Å². The number of aromatic nitrogens is 2. The van der Waals surface area contributed by atoms with Gasteiger partial charge >= 0.3 is 6.01 Å². The van der Waals surface area contributed by atoms with E-state index in [1.165, 1.54) is 23.3 Å². The lowest BCUT2D eigenvalue weighted by Crippen LogP contribution is -2.59. The monoisotopic (exact) mass is 550 g/mol. The Kier molecular flexibility index (Phi) is 5.36. The largest absolute Gasteiger partial charge is 0.461 e. The molecule has 5 aliphatic heterocycles. The van der Waals surface area contributed by atoms with Crippen LogP contribution in [0, 0.1) is 11.3 Å². The van der Waals surface area contributed by atoms with Crippen molar-refractivity contribution in [3.63, 3.8) is 0 Å². The van der Waals surface area contributed by atoms with Crippen LogP contribution in [0.4, 0.5) is 21.0 Å². The van der Waals surface area contributed by atoms with Gasteiger partial charge in [-0.05, 0) is 50.6 Å². The predicted octanol–water partition coefficient (Wildman–Crippen LogP) is 2.59. The molecule has 1 aliphatic carbocycles. The van der Waals surface area contributed by atoms with E-state index in [0.29, 0.717) is 48.2 Å². The fourth-order valence-corrected chi connectivity index (χ4v) is 9.55. The third kappa shape index (κ3) is 3.75. The van der Waals surface area contributed by atoms with Gasteiger partial charge in [-0.2, -0.15) is 15.2 Å². The van der Waals surface area contributed by atoms with Crippen molar-refractivity contribution >= 4 is 28.0 Å². The maximum Gasteiger partial charge on any atom is 0.320 e. The van der Waals surface area contributed by atoms with Crippen LogP contribution in [0.5, 0.6) is 6.01 Å². The molecule has 0 radical (unpaired) electrons. The molecule has 2 aromatic rings. The van der Waals surface area contributed by atoms with Crippen molar-refractivity contribution in [3.05, 3.63) is 22.1 Å². The van der Waals surface area contributed by atoms with Crippen LogP contribution in [-0.4, -0.2) is 84.5 Å². The third-order valence-electron chi connectivity index (χ3n) is 10.2. The Morgan fingerprint density at radius 2 is 1.92 bits per heavy atom. The number of piperazine rings is 1. The molecule has 39 heavy (non-hydrogen) atoms. The lowest BCUT2D eigenvalue weighted by atomic mass is 9.74. The molecule has 9 nitrogen and oxygen atoms in total. The summed E-state index contributed by atoms with van der Waals surface area (Å²) in [6, 6.07) is 5.87. The second kappa shape index (κ2) is 8.66. The highest BCUT2D eigenvalue weighted by atomic mass is 32.1. The first-order chi connectivity index (χ1) is 18.9. The Hall–Kier alpha value is -2.68. The number of anilines is 3. The number of nitrogen functional groups attached to an aromatic ring is 1. The quantitative estimate of drug-likeness (QED) is 0.581. The molecule has 11 heteroatoms. The fraction of sp³-hybridized carbons (Fsp3) is 0.679. The summed E-state index contributed by atoms with van der Waals surface area (Å²) in [7, 11) is 0. The Balaban J connectivity index is 1.08. The highest BCUT2D eigenvalue weighted by Gasteiger charge is 2.52. The van der Waals surface area contributed by atoms with E-state index in [4.69, 9.17) is 20.4 Å². The van der Waals surface area contributed by atoms with Crippen LogP contribution >= 0.6 is 11.3 Å². The number of ether oxygens (including phenoxy) is 1. The van der Waals surface area contributed by atoms with Crippen molar-refractivity contribution in [2.24, 2.45) is 0 Å². The lowest BCUT2D eigenvalue weighted by molar-refractivity contribution is 0.107. The zero-order valence-electron chi connectivity index (χ0n) is 22.2. The van der Waals surface area contributed by atoms with Gasteiger partial charge in [0.25, 0.3) is 0 Å². The second-order valence-electron chi connectivity index (χ2n) is 12.7. The van der Waals surface area contributed by atoms with Gasteiger partial charge in [0.15, 0.2) is 0 Å². The zero-order chi connectivity index (χ0) is 26.4. The molecular weight excluding hydrogens is 515 g/mol. The fourth-order valence-electron chi connectivity index (χ4n) is 8.41. The highest BCUT2D eigenvalue weighted by molar-refractivity contribution is 7.16. The maximum atomic E-state index is 14.4. The molecular formula is C28H35FN8OS. The van der Waals surface area contributed by atoms with Crippen LogP contribution in [0.2, 0.25) is 0 Å². The highest BCUT2D eigenvalue weighted by Crippen LogP contribution is 2.52. The predicted molar refractivity (Wildman–Crippen MR) is 148 cm³/mol. The van der Waals surface area contributed by atoms with Gasteiger partial charge in [0, 0.05) is 67.6 Å². The molecule has 1 spiro atoms. The van der Waals surface area contributed by atoms with Crippen molar-refractivity contribution in [3.8, 4) is 12.1 Å². The summed E-state index contributed by atoms with van der Waals surface area (Å²) in [5, 5.41) is 14.1. The number of hydrogen-bond donors (Lipinski definition) is 2. The van der Waals surface area contributed by atoms with Gasteiger partial charge in [-0.3, -0.25) is 4.90 Å². The van der Waals surface area contributed by atoms with E-state index in [1.54, 1.807) is 11.3 Å². The first-order valence-corrected chi connectivity index (χ1v) is 15.2. The van der Waals surface area contributed by atoms with E-state index < -0.39 is 6.17 Å². The summed E-state index contributed by atoms with van der Waals surface area (Å²) >= 11 is 1.58. The SMILES string of the molecule is N#Cc1c(N)sc2c1C1(CC2)CN(c2cc(N3CC4CCC(C3)N4)nc(OC[C@@]34CCCN3C[C@H](F)C4)n2)C1. The number of nitriles is 1. The van der Waals surface area contributed by atoms with Crippen LogP contribution in [0.1, 0.15) is 54.5 Å². The summed E-state index contributed by atoms with van der Waals surface area (Å²) in [4.78, 5) is 18.0. The average molecular weight is 551 g/mol. The van der Waals surface area contributed by atoms with Gasteiger partial charge in [-0.1, -0.05) is 0 Å². The first-order valence-electron chi connectivity index (χ1n) is 14.4. The van der Waals surface area contributed by atoms with E-state index in [0.717, 1.165) is 70.0 Å². The Bertz CT molecular complexity index is 1340. The summed E-state index contributed by atoms with van der Waals surface area (Å²) in [6.45, 7) is 5.37. The average Bonchev–Trinajstić information content (AvgIpc) is 3.68. The van der Waals surface area contributed by atoms with Crippen LogP contribution in [0.25, 0.3) is 0 Å². The Morgan fingerprint density at radius 3 is 2.69 bits per heavy atom. The van der Waals surface area contributed by atoms with Crippen molar-refractivity contribution in [1.29, 1.82) is 5.26 Å². The summed E-state index contributed by atoms with van der Waals surface area (Å²) < 4.78 is 20.7. The number of rotatable bonds is 5. The molecule has 2 unspecified atom stereocenters. The number of nitrogens with zero attached hydrogens (tertiary/aromatic N) is 6. The number of alkyl halides is 1. The van der Waals surface area contributed by atoms with Crippen LogP contribution in [-0.2, 0) is 11.8 Å². The van der Waals surface area contributed by atoms with Crippen molar-refractivity contribution in [1.82, 2.24) is 20.2 Å². The van der Waals surface area contributed by atoms with Gasteiger partial charge in [0.2, 0.25) is 0 Å². The Labute approximate surface area is 232 Å². The van der Waals surface area contributed by atoms with Crippen LogP contribution < -0.4 is 25.6 Å². The minimum absolute atomic E-state index is 0.0297. The smallest absolute Gasteiger partial charge is 0.320 e. The van der Waals surface area contributed by atoms with Gasteiger partial charge < -0.3 is 25.6 Å². The summed E-state index contributed by atoms with van der Waals surface area (Å²) in [6.07, 6.45) is 6.23.